The van der Waals surface area contributed by atoms with E-state index in [0.29, 0.717) is 0 Å². The van der Waals surface area contributed by atoms with Crippen molar-refractivity contribution in [3.05, 3.63) is 71.3 Å². The quantitative estimate of drug-likeness (QED) is 0.452. The average molecular weight is 347 g/mol. The van der Waals surface area contributed by atoms with E-state index in [1.165, 1.54) is 6.92 Å². The second-order valence-electron chi connectivity index (χ2n) is 6.75. The van der Waals surface area contributed by atoms with Crippen molar-refractivity contribution in [1.29, 1.82) is 0 Å². The Kier molecular flexibility index (Phi) is 6.23. The average Bonchev–Trinajstić information content (AvgIpc) is 2.57. The fraction of sp³-hybridized carbons (Fsp3) is 0.227. The van der Waals surface area contributed by atoms with Crippen LogP contribution in [-0.4, -0.2) is 14.0 Å². The highest BCUT2D eigenvalue weighted by atomic mass is 28.3. The molecule has 0 aromatic heterocycles. The number of esters is 1. The zero-order valence-corrected chi connectivity index (χ0v) is 16.1. The van der Waals surface area contributed by atoms with E-state index in [2.05, 4.69) is 42.9 Å². The first-order valence-electron chi connectivity index (χ1n) is 8.20. The van der Waals surface area contributed by atoms with Gasteiger partial charge in [-0.3, -0.25) is 4.79 Å². The summed E-state index contributed by atoms with van der Waals surface area (Å²) < 4.78 is 5.37. The minimum absolute atomic E-state index is 0.331. The second kappa shape index (κ2) is 8.38. The van der Waals surface area contributed by atoms with E-state index in [1.807, 2.05) is 54.6 Å². The van der Waals surface area contributed by atoms with Crippen molar-refractivity contribution >= 4 is 14.0 Å². The Labute approximate surface area is 151 Å². The van der Waals surface area contributed by atoms with Crippen LogP contribution in [0.25, 0.3) is 0 Å². The van der Waals surface area contributed by atoms with Crippen LogP contribution in [0.3, 0.4) is 0 Å². The van der Waals surface area contributed by atoms with Gasteiger partial charge in [-0.25, -0.2) is 0 Å². The van der Waals surface area contributed by atoms with Crippen LogP contribution >= 0.6 is 0 Å². The third kappa shape index (κ3) is 6.71. The van der Waals surface area contributed by atoms with Crippen LogP contribution in [0.15, 0.2) is 54.6 Å². The molecule has 0 saturated carbocycles. The first-order valence-corrected chi connectivity index (χ1v) is 11.7. The van der Waals surface area contributed by atoms with Crippen LogP contribution < -0.4 is 0 Å². The van der Waals surface area contributed by atoms with Gasteiger partial charge in [0.2, 0.25) is 0 Å². The maximum atomic E-state index is 11.4. The number of hydrogen-bond acceptors (Lipinski definition) is 2. The summed E-state index contributed by atoms with van der Waals surface area (Å²) in [6.45, 7) is 7.89. The minimum Gasteiger partial charge on any atom is -0.444 e. The lowest BCUT2D eigenvalue weighted by molar-refractivity contribution is -0.144. The Bertz CT molecular complexity index is 839. The van der Waals surface area contributed by atoms with Crippen LogP contribution in [0.4, 0.5) is 0 Å². The highest BCUT2D eigenvalue weighted by molar-refractivity contribution is 6.83. The topological polar surface area (TPSA) is 26.3 Å². The van der Waals surface area contributed by atoms with Gasteiger partial charge in [0.15, 0.2) is 6.10 Å². The van der Waals surface area contributed by atoms with E-state index in [9.17, 15) is 4.79 Å². The van der Waals surface area contributed by atoms with Gasteiger partial charge in [0.05, 0.1) is 0 Å². The molecule has 0 N–H and O–H groups in total. The summed E-state index contributed by atoms with van der Waals surface area (Å²) in [6.07, 6.45) is -0.527. The molecule has 126 valence electrons. The number of hydrogen-bond donors (Lipinski definition) is 0. The highest BCUT2D eigenvalue weighted by Crippen LogP contribution is 2.18. The maximum absolute atomic E-state index is 11.4. The molecular weight excluding hydrogens is 324 g/mol. The molecule has 1 atom stereocenters. The molecule has 2 nitrogen and oxygen atoms in total. The Balaban J connectivity index is 2.21. The van der Waals surface area contributed by atoms with Crippen molar-refractivity contribution < 1.29 is 9.53 Å². The summed E-state index contributed by atoms with van der Waals surface area (Å²) in [5.74, 6) is 9.05. The fourth-order valence-corrected chi connectivity index (χ4v) is 2.60. The summed E-state index contributed by atoms with van der Waals surface area (Å²) in [7, 11) is -1.54. The molecule has 2 rings (SSSR count). The number of ether oxygens (including phenoxy) is 1. The Hall–Kier alpha value is -2.75. The van der Waals surface area contributed by atoms with E-state index in [0.717, 1.165) is 16.7 Å². The van der Waals surface area contributed by atoms with Gasteiger partial charge < -0.3 is 4.74 Å². The first-order chi connectivity index (χ1) is 11.8. The smallest absolute Gasteiger partial charge is 0.304 e. The summed E-state index contributed by atoms with van der Waals surface area (Å²) in [5.41, 5.74) is 6.02. The SMILES string of the molecule is CC(=O)O[C@@H](C#C[Si](C)(C)C)c1ccc(C#Cc2ccccc2)cc1. The number of benzene rings is 2. The van der Waals surface area contributed by atoms with Crippen molar-refractivity contribution in [3.8, 4) is 23.3 Å². The van der Waals surface area contributed by atoms with Gasteiger partial charge in [0, 0.05) is 23.6 Å². The summed E-state index contributed by atoms with van der Waals surface area (Å²) in [5, 5.41) is 0. The molecular formula is C22H22O2Si. The van der Waals surface area contributed by atoms with Crippen molar-refractivity contribution in [3.63, 3.8) is 0 Å². The van der Waals surface area contributed by atoms with Crippen LogP contribution in [0.2, 0.25) is 19.6 Å². The minimum atomic E-state index is -1.54. The monoisotopic (exact) mass is 346 g/mol. The molecule has 0 fully saturated rings. The molecule has 2 aromatic carbocycles. The standard InChI is InChI=1S/C22H22O2Si/c1-18(23)24-22(16-17-25(2,3)4)21-14-12-20(13-15-21)11-10-19-8-6-5-7-9-19/h5-9,12-15,22H,1-4H3/t22-/m0/s1. The molecule has 0 saturated heterocycles. The third-order valence-corrected chi connectivity index (χ3v) is 4.09. The molecule has 0 heterocycles. The summed E-state index contributed by atoms with van der Waals surface area (Å²) in [4.78, 5) is 11.4. The van der Waals surface area contributed by atoms with Gasteiger partial charge in [0.25, 0.3) is 0 Å². The molecule has 0 bridgehead atoms. The van der Waals surface area contributed by atoms with Crippen LogP contribution in [0, 0.1) is 23.3 Å². The van der Waals surface area contributed by atoms with Gasteiger partial charge in [-0.05, 0) is 24.3 Å². The van der Waals surface area contributed by atoms with Crippen molar-refractivity contribution in [2.75, 3.05) is 0 Å². The van der Waals surface area contributed by atoms with Crippen molar-refractivity contribution in [1.82, 2.24) is 0 Å². The molecule has 3 heteroatoms. The first kappa shape index (κ1) is 18.6. The molecule has 25 heavy (non-hydrogen) atoms. The fourth-order valence-electron chi connectivity index (χ4n) is 2.04. The lowest BCUT2D eigenvalue weighted by atomic mass is 10.1. The van der Waals surface area contributed by atoms with E-state index < -0.39 is 14.2 Å². The molecule has 0 unspecified atom stereocenters. The zero-order valence-electron chi connectivity index (χ0n) is 15.1. The number of rotatable bonds is 2. The van der Waals surface area contributed by atoms with Crippen molar-refractivity contribution in [2.24, 2.45) is 0 Å². The van der Waals surface area contributed by atoms with E-state index in [4.69, 9.17) is 4.74 Å². The van der Waals surface area contributed by atoms with Crippen LogP contribution in [-0.2, 0) is 9.53 Å². The Morgan fingerprint density at radius 3 is 2.00 bits per heavy atom. The Morgan fingerprint density at radius 2 is 1.48 bits per heavy atom. The third-order valence-electron chi connectivity index (χ3n) is 3.20. The van der Waals surface area contributed by atoms with Gasteiger partial charge in [-0.2, -0.15) is 0 Å². The van der Waals surface area contributed by atoms with Gasteiger partial charge in [-0.15, -0.1) is 5.54 Å². The molecule has 0 amide bonds. The van der Waals surface area contributed by atoms with Crippen LogP contribution in [0.1, 0.15) is 29.7 Å². The number of carbonyl (C=O) groups excluding carboxylic acids is 1. The van der Waals surface area contributed by atoms with E-state index >= 15 is 0 Å². The maximum Gasteiger partial charge on any atom is 0.304 e. The lowest BCUT2D eigenvalue weighted by Gasteiger charge is -2.13. The van der Waals surface area contributed by atoms with Crippen molar-refractivity contribution in [2.45, 2.75) is 32.7 Å². The normalized spacial score (nSPS) is 11.4. The molecule has 0 spiro atoms. The highest BCUT2D eigenvalue weighted by Gasteiger charge is 2.14. The molecule has 0 aliphatic carbocycles. The predicted molar refractivity (Wildman–Crippen MR) is 104 cm³/mol. The van der Waals surface area contributed by atoms with Crippen LogP contribution in [0.5, 0.6) is 0 Å². The largest absolute Gasteiger partial charge is 0.444 e. The van der Waals surface area contributed by atoms with Gasteiger partial charge >= 0.3 is 5.97 Å². The molecule has 2 aromatic rings. The van der Waals surface area contributed by atoms with E-state index in [1.54, 1.807) is 0 Å². The lowest BCUT2D eigenvalue weighted by Crippen LogP contribution is -2.17. The second-order valence-corrected chi connectivity index (χ2v) is 11.5. The summed E-state index contributed by atoms with van der Waals surface area (Å²) >= 11 is 0. The molecule has 0 aliphatic rings. The van der Waals surface area contributed by atoms with Gasteiger partial charge in [-0.1, -0.05) is 67.7 Å². The molecule has 0 aliphatic heterocycles. The molecule has 0 radical (unpaired) electrons. The zero-order chi connectivity index (χ0) is 18.3. The van der Waals surface area contributed by atoms with E-state index in [-0.39, 0.29) is 5.97 Å². The summed E-state index contributed by atoms with van der Waals surface area (Å²) in [6, 6.07) is 17.5. The van der Waals surface area contributed by atoms with Gasteiger partial charge in [0.1, 0.15) is 8.07 Å². The predicted octanol–water partition coefficient (Wildman–Crippen LogP) is 4.57. The Morgan fingerprint density at radius 1 is 0.920 bits per heavy atom. The number of carbonyl (C=O) groups is 1.